The van der Waals surface area contributed by atoms with Crippen molar-refractivity contribution in [3.63, 3.8) is 0 Å². The molecule has 0 aliphatic heterocycles. The molecule has 0 saturated carbocycles. The van der Waals surface area contributed by atoms with Crippen molar-refractivity contribution < 1.29 is 15.0 Å². The van der Waals surface area contributed by atoms with Gasteiger partial charge in [0.2, 0.25) is 0 Å². The Kier molecular flexibility index (Phi) is 6.85. The molecule has 2 N–H and O–H groups in total. The minimum Gasteiger partial charge on any atom is -0.481 e. The Labute approximate surface area is 127 Å². The summed E-state index contributed by atoms with van der Waals surface area (Å²) in [6.07, 6.45) is 0.804. The molecule has 1 atom stereocenters. The predicted molar refractivity (Wildman–Crippen MR) is 84.7 cm³/mol. The van der Waals surface area contributed by atoms with E-state index in [0.29, 0.717) is 13.0 Å². The normalized spacial score (nSPS) is 12.7. The monoisotopic (exact) mass is 293 g/mol. The molecule has 0 heterocycles. The molecule has 0 aliphatic rings. The van der Waals surface area contributed by atoms with Crippen LogP contribution in [0.15, 0.2) is 12.1 Å². The summed E-state index contributed by atoms with van der Waals surface area (Å²) in [4.78, 5) is 13.2. The Morgan fingerprint density at radius 3 is 2.24 bits per heavy atom. The van der Waals surface area contributed by atoms with Gasteiger partial charge in [-0.05, 0) is 50.4 Å². The molecule has 0 radical (unpaired) electrons. The number of carboxylic acids is 1. The zero-order valence-corrected chi connectivity index (χ0v) is 13.5. The van der Waals surface area contributed by atoms with Crippen LogP contribution >= 0.6 is 0 Å². The highest BCUT2D eigenvalue weighted by Gasteiger charge is 2.22. The fourth-order valence-electron chi connectivity index (χ4n) is 3.03. The topological polar surface area (TPSA) is 60.8 Å². The molecule has 21 heavy (non-hydrogen) atoms. The number of rotatable bonds is 8. The first-order valence-corrected chi connectivity index (χ1v) is 7.52. The quantitative estimate of drug-likeness (QED) is 0.772. The molecule has 0 saturated heterocycles. The third kappa shape index (κ3) is 5.14. The molecule has 1 aromatic rings. The highest BCUT2D eigenvalue weighted by molar-refractivity contribution is 5.67. The molecule has 0 aromatic heterocycles. The Morgan fingerprint density at radius 1 is 1.24 bits per heavy atom. The zero-order chi connectivity index (χ0) is 16.0. The Bertz CT molecular complexity index is 462. The van der Waals surface area contributed by atoms with E-state index in [4.69, 9.17) is 5.11 Å². The summed E-state index contributed by atoms with van der Waals surface area (Å²) in [7, 11) is 0. The highest BCUT2D eigenvalue weighted by atomic mass is 16.4. The van der Waals surface area contributed by atoms with Crippen LogP contribution in [0.3, 0.4) is 0 Å². The lowest BCUT2D eigenvalue weighted by molar-refractivity contribution is -0.138. The second kappa shape index (κ2) is 8.15. The van der Waals surface area contributed by atoms with Gasteiger partial charge in [0, 0.05) is 12.6 Å². The van der Waals surface area contributed by atoms with Crippen molar-refractivity contribution in [3.8, 4) is 0 Å². The maximum atomic E-state index is 11.2. The number of aliphatic hydroxyl groups excluding tert-OH is 1. The van der Waals surface area contributed by atoms with Gasteiger partial charge >= 0.3 is 5.97 Å². The standard InChI is InChI=1S/C17H27NO3/c1-5-18(6-7-19)15(11-17(20)21)10-16-13(3)8-12(2)9-14(16)4/h8-9,15,19H,5-7,10-11H2,1-4H3,(H,20,21). The molecule has 0 fully saturated rings. The molecule has 1 unspecified atom stereocenters. The van der Waals surface area contributed by atoms with E-state index >= 15 is 0 Å². The van der Waals surface area contributed by atoms with E-state index in [1.165, 1.54) is 22.3 Å². The van der Waals surface area contributed by atoms with E-state index in [1.807, 2.05) is 11.8 Å². The second-order valence-electron chi connectivity index (χ2n) is 5.69. The van der Waals surface area contributed by atoms with Gasteiger partial charge in [0.1, 0.15) is 0 Å². The van der Waals surface area contributed by atoms with Crippen molar-refractivity contribution in [1.29, 1.82) is 0 Å². The van der Waals surface area contributed by atoms with Crippen molar-refractivity contribution in [1.82, 2.24) is 4.90 Å². The molecule has 4 heteroatoms. The van der Waals surface area contributed by atoms with Crippen LogP contribution in [0.25, 0.3) is 0 Å². The number of aryl methyl sites for hydroxylation is 3. The molecule has 0 spiro atoms. The highest BCUT2D eigenvalue weighted by Crippen LogP contribution is 2.21. The van der Waals surface area contributed by atoms with Crippen LogP contribution in [0.4, 0.5) is 0 Å². The van der Waals surface area contributed by atoms with E-state index < -0.39 is 5.97 Å². The van der Waals surface area contributed by atoms with E-state index in [9.17, 15) is 9.90 Å². The maximum absolute atomic E-state index is 11.2. The van der Waals surface area contributed by atoms with Crippen molar-refractivity contribution in [2.75, 3.05) is 19.7 Å². The Balaban J connectivity index is 3.03. The van der Waals surface area contributed by atoms with Gasteiger partial charge in [-0.25, -0.2) is 0 Å². The smallest absolute Gasteiger partial charge is 0.304 e. The van der Waals surface area contributed by atoms with Crippen LogP contribution in [0.2, 0.25) is 0 Å². The number of carboxylic acid groups (broad SMARTS) is 1. The van der Waals surface area contributed by atoms with Gasteiger partial charge < -0.3 is 10.2 Å². The number of hydrogen-bond donors (Lipinski definition) is 2. The summed E-state index contributed by atoms with van der Waals surface area (Å²) in [5, 5.41) is 18.3. The summed E-state index contributed by atoms with van der Waals surface area (Å²) in [5.74, 6) is -0.793. The minimum atomic E-state index is -0.793. The van der Waals surface area contributed by atoms with Gasteiger partial charge in [-0.3, -0.25) is 9.69 Å². The van der Waals surface area contributed by atoms with Gasteiger partial charge in [0.15, 0.2) is 0 Å². The average Bonchev–Trinajstić information content (AvgIpc) is 2.38. The molecule has 4 nitrogen and oxygen atoms in total. The van der Waals surface area contributed by atoms with Gasteiger partial charge in [-0.2, -0.15) is 0 Å². The first kappa shape index (κ1) is 17.7. The lowest BCUT2D eigenvalue weighted by atomic mass is 9.92. The molecular weight excluding hydrogens is 266 g/mol. The number of aliphatic hydroxyl groups is 1. The van der Waals surface area contributed by atoms with E-state index in [0.717, 1.165) is 6.54 Å². The van der Waals surface area contributed by atoms with E-state index in [1.54, 1.807) is 0 Å². The SMILES string of the molecule is CCN(CCO)C(CC(=O)O)Cc1c(C)cc(C)cc1C. The number of likely N-dealkylation sites (N-methyl/N-ethyl adjacent to an activating group) is 1. The van der Waals surface area contributed by atoms with Crippen molar-refractivity contribution in [2.24, 2.45) is 0 Å². The molecule has 1 rings (SSSR count). The number of carbonyl (C=O) groups is 1. The lowest BCUT2D eigenvalue weighted by Gasteiger charge is -2.30. The number of hydrogen-bond acceptors (Lipinski definition) is 3. The summed E-state index contributed by atoms with van der Waals surface area (Å²) >= 11 is 0. The molecule has 1 aromatic carbocycles. The molecule has 0 bridgehead atoms. The van der Waals surface area contributed by atoms with Crippen LogP contribution < -0.4 is 0 Å². The Morgan fingerprint density at radius 2 is 1.81 bits per heavy atom. The van der Waals surface area contributed by atoms with Crippen LogP contribution in [0.1, 0.15) is 35.6 Å². The lowest BCUT2D eigenvalue weighted by Crippen LogP contribution is -2.40. The molecule has 0 amide bonds. The summed E-state index contributed by atoms with van der Waals surface area (Å²) in [6.45, 7) is 9.53. The maximum Gasteiger partial charge on any atom is 0.304 e. The van der Waals surface area contributed by atoms with E-state index in [2.05, 4.69) is 32.9 Å². The first-order valence-electron chi connectivity index (χ1n) is 7.52. The van der Waals surface area contributed by atoms with Gasteiger partial charge in [-0.15, -0.1) is 0 Å². The van der Waals surface area contributed by atoms with Crippen molar-refractivity contribution in [2.45, 2.75) is 46.6 Å². The van der Waals surface area contributed by atoms with Crippen LogP contribution in [-0.2, 0) is 11.2 Å². The van der Waals surface area contributed by atoms with E-state index in [-0.39, 0.29) is 19.1 Å². The molecule has 118 valence electrons. The van der Waals surface area contributed by atoms with Gasteiger partial charge in [-0.1, -0.05) is 24.6 Å². The largest absolute Gasteiger partial charge is 0.481 e. The van der Waals surface area contributed by atoms with Gasteiger partial charge in [0.25, 0.3) is 0 Å². The number of benzene rings is 1. The van der Waals surface area contributed by atoms with Crippen molar-refractivity contribution >= 4 is 5.97 Å². The third-order valence-electron chi connectivity index (χ3n) is 4.00. The summed E-state index contributed by atoms with van der Waals surface area (Å²) in [6, 6.07) is 4.20. The van der Waals surface area contributed by atoms with Crippen molar-refractivity contribution in [3.05, 3.63) is 34.4 Å². The average molecular weight is 293 g/mol. The van der Waals surface area contributed by atoms with Crippen LogP contribution in [-0.4, -0.2) is 46.8 Å². The first-order chi connectivity index (χ1) is 9.88. The zero-order valence-electron chi connectivity index (χ0n) is 13.5. The predicted octanol–water partition coefficient (Wildman–Crippen LogP) is 2.31. The third-order valence-corrected chi connectivity index (χ3v) is 4.00. The molecular formula is C17H27NO3. The second-order valence-corrected chi connectivity index (χ2v) is 5.69. The van der Waals surface area contributed by atoms with Crippen LogP contribution in [0, 0.1) is 20.8 Å². The fraction of sp³-hybridized carbons (Fsp3) is 0.588. The fourth-order valence-corrected chi connectivity index (χ4v) is 3.03. The van der Waals surface area contributed by atoms with Crippen LogP contribution in [0.5, 0.6) is 0 Å². The number of aliphatic carboxylic acids is 1. The Hall–Kier alpha value is -1.39. The summed E-state index contributed by atoms with van der Waals surface area (Å²) in [5.41, 5.74) is 4.88. The summed E-state index contributed by atoms with van der Waals surface area (Å²) < 4.78 is 0. The number of nitrogens with zero attached hydrogens (tertiary/aromatic N) is 1. The minimum absolute atomic E-state index is 0.0514. The molecule has 0 aliphatic carbocycles. The van der Waals surface area contributed by atoms with Gasteiger partial charge in [0.05, 0.1) is 13.0 Å².